The topological polar surface area (TPSA) is 123 Å². The van der Waals surface area contributed by atoms with Crippen molar-refractivity contribution in [1.29, 1.82) is 0 Å². The number of nitrogens with zero attached hydrogens (tertiary/aromatic N) is 5. The molecule has 198 valence electrons. The second-order valence-electron chi connectivity index (χ2n) is 8.81. The highest BCUT2D eigenvalue weighted by Gasteiger charge is 2.25. The molecular formula is C27H23FN6O4S. The van der Waals surface area contributed by atoms with Crippen LogP contribution in [0.1, 0.15) is 27.3 Å². The van der Waals surface area contributed by atoms with Gasteiger partial charge in [-0.2, -0.15) is 0 Å². The number of carbonyl (C=O) groups is 2. The number of carbonyl (C=O) groups excluding carboxylic acids is 2. The van der Waals surface area contributed by atoms with Crippen molar-refractivity contribution >= 4 is 35.0 Å². The smallest absolute Gasteiger partial charge is 0.273 e. The first-order valence-corrected chi connectivity index (χ1v) is 13.1. The van der Waals surface area contributed by atoms with E-state index in [2.05, 4.69) is 15.5 Å². The minimum absolute atomic E-state index is 0.0562. The molecule has 0 bridgehead atoms. The average molecular weight is 547 g/mol. The van der Waals surface area contributed by atoms with Crippen LogP contribution in [-0.4, -0.2) is 43.8 Å². The quantitative estimate of drug-likeness (QED) is 0.199. The van der Waals surface area contributed by atoms with Crippen LogP contribution in [-0.2, 0) is 17.8 Å². The zero-order valence-corrected chi connectivity index (χ0v) is 21.7. The molecule has 0 saturated carbocycles. The van der Waals surface area contributed by atoms with Crippen molar-refractivity contribution in [3.8, 4) is 5.69 Å². The number of hydrogen-bond acceptors (Lipinski definition) is 7. The lowest BCUT2D eigenvalue weighted by Crippen LogP contribution is -2.30. The molecule has 3 aromatic carbocycles. The van der Waals surface area contributed by atoms with Crippen molar-refractivity contribution in [2.24, 2.45) is 0 Å². The van der Waals surface area contributed by atoms with Gasteiger partial charge in [0.25, 0.3) is 11.6 Å². The standard InChI is InChI=1S/C27H23FN6O4S/c1-17-21(6-4-8-22(17)34(37)38)26(36)29-15-24-30-31-27(33(24)20-11-9-19(28)10-12-20)39-16-25(35)32-14-13-18-5-2-3-7-23(18)32/h2-12H,13-16H2,1H3,(H,29,36). The molecule has 2 heterocycles. The van der Waals surface area contributed by atoms with Crippen molar-refractivity contribution in [3.63, 3.8) is 0 Å². The van der Waals surface area contributed by atoms with Crippen LogP contribution in [0, 0.1) is 22.9 Å². The number of fused-ring (bicyclic) bond motifs is 1. The predicted octanol–water partition coefficient (Wildman–Crippen LogP) is 4.23. The fourth-order valence-electron chi connectivity index (χ4n) is 4.48. The lowest BCUT2D eigenvalue weighted by molar-refractivity contribution is -0.385. The van der Waals surface area contributed by atoms with Crippen LogP contribution < -0.4 is 10.2 Å². The molecule has 10 nitrogen and oxygen atoms in total. The normalized spacial score (nSPS) is 12.3. The summed E-state index contributed by atoms with van der Waals surface area (Å²) in [6.45, 7) is 2.07. The number of amides is 2. The highest BCUT2D eigenvalue weighted by Crippen LogP contribution is 2.29. The highest BCUT2D eigenvalue weighted by atomic mass is 32.2. The van der Waals surface area contributed by atoms with Gasteiger partial charge >= 0.3 is 0 Å². The van der Waals surface area contributed by atoms with Crippen LogP contribution in [0.2, 0.25) is 0 Å². The van der Waals surface area contributed by atoms with E-state index in [1.54, 1.807) is 21.6 Å². The van der Waals surface area contributed by atoms with Crippen LogP contribution in [0.4, 0.5) is 15.8 Å². The van der Waals surface area contributed by atoms with Crippen LogP contribution in [0.3, 0.4) is 0 Å². The van der Waals surface area contributed by atoms with E-state index in [0.29, 0.717) is 23.2 Å². The molecule has 0 spiro atoms. The lowest BCUT2D eigenvalue weighted by Gasteiger charge is -2.17. The number of hydrogen-bond donors (Lipinski definition) is 1. The molecule has 0 atom stereocenters. The fourth-order valence-corrected chi connectivity index (χ4v) is 5.33. The minimum Gasteiger partial charge on any atom is -0.345 e. The van der Waals surface area contributed by atoms with E-state index in [9.17, 15) is 24.1 Å². The second kappa shape index (κ2) is 11.0. The van der Waals surface area contributed by atoms with Gasteiger partial charge in [-0.15, -0.1) is 10.2 Å². The maximum absolute atomic E-state index is 13.6. The number of aromatic nitrogens is 3. The van der Waals surface area contributed by atoms with E-state index in [1.165, 1.54) is 49.0 Å². The number of rotatable bonds is 8. The number of nitro groups is 1. The SMILES string of the molecule is Cc1c(C(=O)NCc2nnc(SCC(=O)N3CCc4ccccc43)n2-c2ccc(F)cc2)cccc1[N+](=O)[O-]. The Labute approximate surface area is 227 Å². The summed E-state index contributed by atoms with van der Waals surface area (Å²) in [4.78, 5) is 38.4. The number of benzene rings is 3. The van der Waals surface area contributed by atoms with E-state index < -0.39 is 16.6 Å². The molecule has 12 heteroatoms. The Hall–Kier alpha value is -4.58. The Morgan fingerprint density at radius 3 is 2.62 bits per heavy atom. The van der Waals surface area contributed by atoms with Gasteiger partial charge in [0, 0.05) is 35.1 Å². The third-order valence-corrected chi connectivity index (χ3v) is 7.37. The number of thioether (sulfide) groups is 1. The summed E-state index contributed by atoms with van der Waals surface area (Å²) in [5.74, 6) is -0.552. The van der Waals surface area contributed by atoms with Gasteiger partial charge in [-0.3, -0.25) is 24.3 Å². The van der Waals surface area contributed by atoms with Crippen LogP contribution in [0.15, 0.2) is 71.9 Å². The van der Waals surface area contributed by atoms with Crippen molar-refractivity contribution in [2.75, 3.05) is 17.2 Å². The van der Waals surface area contributed by atoms with Crippen molar-refractivity contribution in [2.45, 2.75) is 25.0 Å². The monoisotopic (exact) mass is 546 g/mol. The van der Waals surface area contributed by atoms with E-state index >= 15 is 0 Å². The zero-order chi connectivity index (χ0) is 27.5. The molecule has 0 fully saturated rings. The molecule has 2 amide bonds. The Bertz CT molecular complexity index is 1570. The molecule has 0 radical (unpaired) electrons. The van der Waals surface area contributed by atoms with Gasteiger partial charge in [0.1, 0.15) is 5.82 Å². The molecule has 1 N–H and O–H groups in total. The van der Waals surface area contributed by atoms with Gasteiger partial charge in [0.2, 0.25) is 5.91 Å². The van der Waals surface area contributed by atoms with Gasteiger partial charge in [0.15, 0.2) is 11.0 Å². The molecule has 1 aromatic heterocycles. The van der Waals surface area contributed by atoms with Gasteiger partial charge in [-0.1, -0.05) is 36.0 Å². The number of nitrogens with one attached hydrogen (secondary N) is 1. The predicted molar refractivity (Wildman–Crippen MR) is 144 cm³/mol. The molecule has 0 saturated heterocycles. The Kier molecular flexibility index (Phi) is 7.37. The number of para-hydroxylation sites is 1. The molecule has 0 unspecified atom stereocenters. The van der Waals surface area contributed by atoms with Crippen molar-refractivity contribution in [1.82, 2.24) is 20.1 Å². The maximum Gasteiger partial charge on any atom is 0.273 e. The first-order valence-electron chi connectivity index (χ1n) is 12.1. The maximum atomic E-state index is 13.6. The third kappa shape index (κ3) is 5.36. The van der Waals surface area contributed by atoms with Crippen molar-refractivity contribution < 1.29 is 18.9 Å². The minimum atomic E-state index is -0.539. The second-order valence-corrected chi connectivity index (χ2v) is 9.76. The van der Waals surface area contributed by atoms with E-state index in [4.69, 9.17) is 0 Å². The number of nitro benzene ring substituents is 1. The lowest BCUT2D eigenvalue weighted by atomic mass is 10.1. The molecule has 39 heavy (non-hydrogen) atoms. The summed E-state index contributed by atoms with van der Waals surface area (Å²) in [6, 6.07) is 17.8. The van der Waals surface area contributed by atoms with Gasteiger partial charge in [-0.05, 0) is 55.3 Å². The zero-order valence-electron chi connectivity index (χ0n) is 20.8. The summed E-state index contributed by atoms with van der Waals surface area (Å²) in [7, 11) is 0. The molecule has 0 aliphatic carbocycles. The summed E-state index contributed by atoms with van der Waals surface area (Å²) in [6.07, 6.45) is 0.798. The van der Waals surface area contributed by atoms with Gasteiger partial charge in [-0.25, -0.2) is 4.39 Å². The van der Waals surface area contributed by atoms with Crippen LogP contribution in [0.5, 0.6) is 0 Å². The summed E-state index contributed by atoms with van der Waals surface area (Å²) >= 11 is 1.19. The fraction of sp³-hybridized carbons (Fsp3) is 0.185. The van der Waals surface area contributed by atoms with Gasteiger partial charge < -0.3 is 10.2 Å². The molecule has 1 aliphatic rings. The van der Waals surface area contributed by atoms with Crippen LogP contribution >= 0.6 is 11.8 Å². The van der Waals surface area contributed by atoms with Gasteiger partial charge in [0.05, 0.1) is 17.2 Å². The van der Waals surface area contributed by atoms with Crippen LogP contribution in [0.25, 0.3) is 5.69 Å². The summed E-state index contributed by atoms with van der Waals surface area (Å²) < 4.78 is 15.3. The molecule has 4 aromatic rings. The first-order chi connectivity index (χ1) is 18.8. The average Bonchev–Trinajstić information content (AvgIpc) is 3.55. The Balaban J connectivity index is 1.36. The molecule has 1 aliphatic heterocycles. The Morgan fingerprint density at radius 1 is 1.08 bits per heavy atom. The molecular weight excluding hydrogens is 523 g/mol. The van der Waals surface area contributed by atoms with E-state index in [-0.39, 0.29) is 35.0 Å². The highest BCUT2D eigenvalue weighted by molar-refractivity contribution is 7.99. The number of halogens is 1. The molecule has 5 rings (SSSR count). The number of anilines is 1. The first kappa shape index (κ1) is 26.0. The van der Waals surface area contributed by atoms with E-state index in [0.717, 1.165) is 17.7 Å². The van der Waals surface area contributed by atoms with E-state index in [1.807, 2.05) is 24.3 Å². The Morgan fingerprint density at radius 2 is 1.85 bits per heavy atom. The van der Waals surface area contributed by atoms with Crippen molar-refractivity contribution in [3.05, 3.63) is 105 Å². The summed E-state index contributed by atoms with van der Waals surface area (Å²) in [5, 5.41) is 22.8. The third-order valence-electron chi connectivity index (χ3n) is 6.45. The largest absolute Gasteiger partial charge is 0.345 e. The summed E-state index contributed by atoms with van der Waals surface area (Å²) in [5.41, 5.74) is 2.85.